The van der Waals surface area contributed by atoms with E-state index in [-0.39, 0.29) is 30.7 Å². The Kier molecular flexibility index (Phi) is 5.84. The summed E-state index contributed by atoms with van der Waals surface area (Å²) in [5, 5.41) is 10.4. The summed E-state index contributed by atoms with van der Waals surface area (Å²) in [6.07, 6.45) is 2.63. The van der Waals surface area contributed by atoms with E-state index in [9.17, 15) is 14.4 Å². The van der Waals surface area contributed by atoms with Crippen LogP contribution in [0.5, 0.6) is 0 Å². The van der Waals surface area contributed by atoms with E-state index >= 15 is 0 Å². The molecule has 1 atom stereocenters. The molecule has 1 unspecified atom stereocenters. The van der Waals surface area contributed by atoms with Crippen LogP contribution in [0.2, 0.25) is 0 Å². The topological polar surface area (TPSA) is 87.3 Å². The van der Waals surface area contributed by atoms with Crippen LogP contribution in [0.1, 0.15) is 36.0 Å². The number of carbonyl (C=O) groups is 3. The van der Waals surface area contributed by atoms with Crippen molar-refractivity contribution >= 4 is 28.5 Å². The van der Waals surface area contributed by atoms with Crippen molar-refractivity contribution in [1.29, 1.82) is 0 Å². The molecule has 3 rings (SSSR count). The van der Waals surface area contributed by atoms with Gasteiger partial charge in [0.15, 0.2) is 0 Å². The lowest BCUT2D eigenvalue weighted by Gasteiger charge is -2.15. The maximum Gasteiger partial charge on any atom is 0.251 e. The number of fused-ring (bicyclic) bond motifs is 1. The summed E-state index contributed by atoms with van der Waals surface area (Å²) in [5.74, 6) is -0.572. The number of benzene rings is 2. The minimum Gasteiger partial charge on any atom is -0.354 e. The van der Waals surface area contributed by atoms with Crippen molar-refractivity contribution in [2.24, 2.45) is 0 Å². The van der Waals surface area contributed by atoms with Crippen LogP contribution >= 0.6 is 0 Å². The second kappa shape index (κ2) is 8.47. The Bertz CT molecular complexity index is 819. The highest BCUT2D eigenvalue weighted by molar-refractivity contribution is 5.98. The van der Waals surface area contributed by atoms with Crippen LogP contribution in [0.25, 0.3) is 10.8 Å². The first-order valence-electron chi connectivity index (χ1n) is 8.97. The zero-order valence-electron chi connectivity index (χ0n) is 14.6. The monoisotopic (exact) mass is 353 g/mol. The van der Waals surface area contributed by atoms with Crippen molar-refractivity contribution in [2.75, 3.05) is 13.1 Å². The van der Waals surface area contributed by atoms with Crippen LogP contribution in [0.4, 0.5) is 0 Å². The molecule has 1 fully saturated rings. The third-order valence-corrected chi connectivity index (χ3v) is 4.52. The molecule has 0 aromatic heterocycles. The highest BCUT2D eigenvalue weighted by atomic mass is 16.2. The van der Waals surface area contributed by atoms with Crippen molar-refractivity contribution in [2.45, 2.75) is 31.7 Å². The lowest BCUT2D eigenvalue weighted by molar-refractivity contribution is -0.128. The fourth-order valence-corrected chi connectivity index (χ4v) is 3.07. The van der Waals surface area contributed by atoms with Crippen LogP contribution < -0.4 is 16.0 Å². The zero-order chi connectivity index (χ0) is 18.4. The number of carbonyl (C=O) groups excluding carboxylic acids is 3. The molecule has 3 N–H and O–H groups in total. The summed E-state index contributed by atoms with van der Waals surface area (Å²) >= 11 is 0. The van der Waals surface area contributed by atoms with Crippen molar-refractivity contribution < 1.29 is 14.4 Å². The van der Waals surface area contributed by atoms with Gasteiger partial charge in [-0.1, -0.05) is 30.3 Å². The molecule has 2 aromatic carbocycles. The molecule has 3 amide bonds. The van der Waals surface area contributed by atoms with Gasteiger partial charge in [0, 0.05) is 25.1 Å². The molecule has 26 heavy (non-hydrogen) atoms. The van der Waals surface area contributed by atoms with E-state index in [1.807, 2.05) is 36.4 Å². The van der Waals surface area contributed by atoms with E-state index in [0.29, 0.717) is 18.5 Å². The average Bonchev–Trinajstić information content (AvgIpc) is 2.85. The van der Waals surface area contributed by atoms with E-state index in [4.69, 9.17) is 0 Å². The maximum atomic E-state index is 12.3. The van der Waals surface area contributed by atoms with Crippen LogP contribution in [-0.4, -0.2) is 36.9 Å². The van der Waals surface area contributed by atoms with Gasteiger partial charge in [0.2, 0.25) is 11.8 Å². The normalized spacial score (nSPS) is 17.2. The minimum atomic E-state index is -0.471. The standard InChI is InChI=1S/C20H23N3O3/c24-18(23-17-7-3-4-11-21-20(17)26)10-12-22-19(25)16-9-8-14-5-1-2-6-15(14)13-16/h1-2,5-6,8-9,13,17H,3-4,7,10-12H2,(H,21,26)(H,22,25)(H,23,24). The Morgan fingerprint density at radius 3 is 2.73 bits per heavy atom. The van der Waals surface area contributed by atoms with Crippen molar-refractivity contribution in [3.05, 3.63) is 48.0 Å². The Morgan fingerprint density at radius 2 is 1.88 bits per heavy atom. The Balaban J connectivity index is 1.48. The zero-order valence-corrected chi connectivity index (χ0v) is 14.6. The van der Waals surface area contributed by atoms with Gasteiger partial charge in [0.05, 0.1) is 0 Å². The van der Waals surface area contributed by atoms with Gasteiger partial charge in [-0.25, -0.2) is 0 Å². The second-order valence-electron chi connectivity index (χ2n) is 6.47. The van der Waals surface area contributed by atoms with Gasteiger partial charge < -0.3 is 16.0 Å². The molecule has 1 saturated heterocycles. The quantitative estimate of drug-likeness (QED) is 0.765. The van der Waals surface area contributed by atoms with E-state index in [1.165, 1.54) is 0 Å². The molecule has 1 heterocycles. The molecule has 0 spiro atoms. The lowest BCUT2D eigenvalue weighted by Crippen LogP contribution is -2.46. The van der Waals surface area contributed by atoms with Gasteiger partial charge in [-0.15, -0.1) is 0 Å². The molecule has 2 aromatic rings. The van der Waals surface area contributed by atoms with Gasteiger partial charge >= 0.3 is 0 Å². The molecule has 0 saturated carbocycles. The molecule has 6 heteroatoms. The van der Waals surface area contributed by atoms with E-state index in [2.05, 4.69) is 16.0 Å². The van der Waals surface area contributed by atoms with Gasteiger partial charge in [-0.05, 0) is 42.2 Å². The number of hydrogen-bond acceptors (Lipinski definition) is 3. The van der Waals surface area contributed by atoms with Crippen molar-refractivity contribution in [3.63, 3.8) is 0 Å². The predicted molar refractivity (Wildman–Crippen MR) is 99.7 cm³/mol. The molecular formula is C20H23N3O3. The molecule has 0 radical (unpaired) electrons. The first-order valence-corrected chi connectivity index (χ1v) is 8.97. The summed E-state index contributed by atoms with van der Waals surface area (Å²) in [6.45, 7) is 0.888. The van der Waals surface area contributed by atoms with Crippen LogP contribution in [0.15, 0.2) is 42.5 Å². The van der Waals surface area contributed by atoms with Gasteiger partial charge in [-0.3, -0.25) is 14.4 Å². The Labute approximate surface area is 152 Å². The lowest BCUT2D eigenvalue weighted by atomic mass is 10.1. The number of amides is 3. The molecular weight excluding hydrogens is 330 g/mol. The van der Waals surface area contributed by atoms with Crippen molar-refractivity contribution in [1.82, 2.24) is 16.0 Å². The van der Waals surface area contributed by atoms with Crippen LogP contribution in [0.3, 0.4) is 0 Å². The van der Waals surface area contributed by atoms with E-state index in [1.54, 1.807) is 6.07 Å². The summed E-state index contributed by atoms with van der Waals surface area (Å²) < 4.78 is 0. The average molecular weight is 353 g/mol. The minimum absolute atomic E-state index is 0.129. The number of rotatable bonds is 5. The smallest absolute Gasteiger partial charge is 0.251 e. The highest BCUT2D eigenvalue weighted by Gasteiger charge is 2.22. The molecule has 1 aliphatic rings. The summed E-state index contributed by atoms with van der Waals surface area (Å²) in [7, 11) is 0. The molecule has 136 valence electrons. The van der Waals surface area contributed by atoms with Crippen LogP contribution in [0, 0.1) is 0 Å². The first kappa shape index (κ1) is 17.9. The Hall–Kier alpha value is -2.89. The fraction of sp³-hybridized carbons (Fsp3) is 0.350. The largest absolute Gasteiger partial charge is 0.354 e. The molecule has 1 aliphatic heterocycles. The summed E-state index contributed by atoms with van der Waals surface area (Å²) in [4.78, 5) is 36.1. The van der Waals surface area contributed by atoms with E-state index < -0.39 is 6.04 Å². The predicted octanol–water partition coefficient (Wildman–Crippen LogP) is 1.74. The third-order valence-electron chi connectivity index (χ3n) is 4.52. The SMILES string of the molecule is O=C(CCNC(=O)c1ccc2ccccc2c1)NC1CCCCNC1=O. The summed E-state index contributed by atoms with van der Waals surface area (Å²) in [6, 6.07) is 12.9. The Morgan fingerprint density at radius 1 is 1.08 bits per heavy atom. The van der Waals surface area contributed by atoms with Gasteiger partial charge in [0.1, 0.15) is 6.04 Å². The van der Waals surface area contributed by atoms with Gasteiger partial charge in [-0.2, -0.15) is 0 Å². The molecule has 0 bridgehead atoms. The number of nitrogens with one attached hydrogen (secondary N) is 3. The fourth-order valence-electron chi connectivity index (χ4n) is 3.07. The molecule has 6 nitrogen and oxygen atoms in total. The van der Waals surface area contributed by atoms with Gasteiger partial charge in [0.25, 0.3) is 5.91 Å². The third kappa shape index (κ3) is 4.59. The van der Waals surface area contributed by atoms with E-state index in [0.717, 1.165) is 23.6 Å². The second-order valence-corrected chi connectivity index (χ2v) is 6.47. The molecule has 0 aliphatic carbocycles. The number of hydrogen-bond donors (Lipinski definition) is 3. The first-order chi connectivity index (χ1) is 12.6. The summed E-state index contributed by atoms with van der Waals surface area (Å²) in [5.41, 5.74) is 0.562. The van der Waals surface area contributed by atoms with Crippen LogP contribution in [-0.2, 0) is 9.59 Å². The maximum absolute atomic E-state index is 12.3. The van der Waals surface area contributed by atoms with Crippen molar-refractivity contribution in [3.8, 4) is 0 Å². The highest BCUT2D eigenvalue weighted by Crippen LogP contribution is 2.15.